The summed E-state index contributed by atoms with van der Waals surface area (Å²) in [5.74, 6) is -1.89. The van der Waals surface area contributed by atoms with Crippen LogP contribution in [0.5, 0.6) is 0 Å². The summed E-state index contributed by atoms with van der Waals surface area (Å²) >= 11 is 5.85. The zero-order valence-corrected chi connectivity index (χ0v) is 13.8. The molecule has 3 rings (SSSR count). The number of hydrogen-bond donors (Lipinski definition) is 2. The number of β-amino-alcohol motifs (C(OH)–C–C–N with tert-alkyl or cyclic N) is 1. The van der Waals surface area contributed by atoms with E-state index in [1.807, 2.05) is 0 Å². The van der Waals surface area contributed by atoms with E-state index in [0.29, 0.717) is 16.3 Å². The van der Waals surface area contributed by atoms with Crippen molar-refractivity contribution in [3.05, 3.63) is 70.5 Å². The molecule has 1 atom stereocenters. The van der Waals surface area contributed by atoms with Crippen LogP contribution in [0.15, 0.2) is 54.2 Å². The van der Waals surface area contributed by atoms with Crippen LogP contribution < -0.4 is 0 Å². The first-order chi connectivity index (χ1) is 12.0. The van der Waals surface area contributed by atoms with Gasteiger partial charge in [0.05, 0.1) is 17.9 Å². The van der Waals surface area contributed by atoms with Crippen LogP contribution >= 0.6 is 11.6 Å². The minimum Gasteiger partial charge on any atom is -0.507 e. The molecule has 1 aromatic heterocycles. The first-order valence-corrected chi connectivity index (χ1v) is 7.98. The second-order valence-electron chi connectivity index (χ2n) is 5.48. The third-order valence-corrected chi connectivity index (χ3v) is 4.22. The molecule has 1 unspecified atom stereocenters. The van der Waals surface area contributed by atoms with Gasteiger partial charge in [-0.2, -0.15) is 0 Å². The lowest BCUT2D eigenvalue weighted by molar-refractivity contribution is -0.140. The van der Waals surface area contributed by atoms with E-state index < -0.39 is 17.7 Å². The lowest BCUT2D eigenvalue weighted by Crippen LogP contribution is -2.32. The summed E-state index contributed by atoms with van der Waals surface area (Å²) in [5.41, 5.74) is 0.748. The molecule has 2 heterocycles. The SMILES string of the molecule is O=C1C(=O)N(CCO)C(c2ccccn2)/C1=C(/O)c1ccc(Cl)cc1. The minimum atomic E-state index is -0.857. The number of halogens is 1. The van der Waals surface area contributed by atoms with Gasteiger partial charge in [-0.05, 0) is 36.4 Å². The number of carbonyl (C=O) groups is 2. The summed E-state index contributed by atoms with van der Waals surface area (Å²) in [7, 11) is 0. The second kappa shape index (κ2) is 7.04. The molecule has 0 radical (unpaired) electrons. The van der Waals surface area contributed by atoms with E-state index in [0.717, 1.165) is 0 Å². The molecule has 1 aromatic carbocycles. The van der Waals surface area contributed by atoms with E-state index in [-0.39, 0.29) is 24.5 Å². The highest BCUT2D eigenvalue weighted by Gasteiger charge is 2.46. The molecule has 2 N–H and O–H groups in total. The van der Waals surface area contributed by atoms with E-state index in [4.69, 9.17) is 11.6 Å². The van der Waals surface area contributed by atoms with Gasteiger partial charge >= 0.3 is 0 Å². The summed E-state index contributed by atoms with van der Waals surface area (Å²) in [6.45, 7) is -0.347. The topological polar surface area (TPSA) is 90.7 Å². The monoisotopic (exact) mass is 358 g/mol. The zero-order chi connectivity index (χ0) is 18.0. The van der Waals surface area contributed by atoms with Crippen molar-refractivity contribution in [1.29, 1.82) is 0 Å². The van der Waals surface area contributed by atoms with Gasteiger partial charge in [-0.15, -0.1) is 0 Å². The van der Waals surface area contributed by atoms with E-state index in [2.05, 4.69) is 4.98 Å². The molecule has 25 heavy (non-hydrogen) atoms. The largest absolute Gasteiger partial charge is 0.507 e. The maximum atomic E-state index is 12.5. The Morgan fingerprint density at radius 1 is 1.16 bits per heavy atom. The Morgan fingerprint density at radius 3 is 2.48 bits per heavy atom. The van der Waals surface area contributed by atoms with E-state index in [9.17, 15) is 19.8 Å². The zero-order valence-electron chi connectivity index (χ0n) is 13.1. The Balaban J connectivity index is 2.17. The number of benzene rings is 1. The number of hydrogen-bond acceptors (Lipinski definition) is 5. The molecular formula is C18H15ClN2O4. The molecule has 0 aliphatic carbocycles. The van der Waals surface area contributed by atoms with Gasteiger partial charge in [0.25, 0.3) is 11.7 Å². The normalized spacial score (nSPS) is 19.4. The number of Topliss-reactive ketones (excluding diaryl/α,β-unsaturated/α-hetero) is 1. The van der Waals surface area contributed by atoms with Crippen LogP contribution in [0.4, 0.5) is 0 Å². The van der Waals surface area contributed by atoms with E-state index in [1.54, 1.807) is 42.5 Å². The number of carbonyl (C=O) groups excluding carboxylic acids is 2. The Bertz CT molecular complexity index is 834. The van der Waals surface area contributed by atoms with Crippen molar-refractivity contribution in [1.82, 2.24) is 9.88 Å². The molecule has 1 fully saturated rings. The molecule has 1 saturated heterocycles. The van der Waals surface area contributed by atoms with Crippen LogP contribution in [-0.4, -0.2) is 44.9 Å². The van der Waals surface area contributed by atoms with Crippen molar-refractivity contribution in [2.75, 3.05) is 13.2 Å². The van der Waals surface area contributed by atoms with Gasteiger partial charge in [0, 0.05) is 23.3 Å². The molecular weight excluding hydrogens is 344 g/mol. The number of rotatable bonds is 4. The fourth-order valence-electron chi connectivity index (χ4n) is 2.83. The highest BCUT2D eigenvalue weighted by molar-refractivity contribution is 6.46. The number of aromatic nitrogens is 1. The highest BCUT2D eigenvalue weighted by Crippen LogP contribution is 2.38. The van der Waals surface area contributed by atoms with Crippen molar-refractivity contribution < 1.29 is 19.8 Å². The summed E-state index contributed by atoms with van der Waals surface area (Å²) in [6, 6.07) is 10.5. The highest BCUT2D eigenvalue weighted by atomic mass is 35.5. The van der Waals surface area contributed by atoms with Crippen molar-refractivity contribution in [2.24, 2.45) is 0 Å². The quantitative estimate of drug-likeness (QED) is 0.496. The van der Waals surface area contributed by atoms with E-state index >= 15 is 0 Å². The third-order valence-electron chi connectivity index (χ3n) is 3.97. The maximum Gasteiger partial charge on any atom is 0.295 e. The fourth-order valence-corrected chi connectivity index (χ4v) is 2.95. The van der Waals surface area contributed by atoms with Crippen LogP contribution in [-0.2, 0) is 9.59 Å². The van der Waals surface area contributed by atoms with Crippen molar-refractivity contribution >= 4 is 29.1 Å². The molecule has 0 spiro atoms. The van der Waals surface area contributed by atoms with Gasteiger partial charge in [-0.1, -0.05) is 17.7 Å². The van der Waals surface area contributed by atoms with Gasteiger partial charge in [-0.25, -0.2) is 0 Å². The number of likely N-dealkylation sites (tertiary alicyclic amines) is 1. The van der Waals surface area contributed by atoms with Crippen LogP contribution in [0.25, 0.3) is 5.76 Å². The first-order valence-electron chi connectivity index (χ1n) is 7.60. The summed E-state index contributed by atoms with van der Waals surface area (Å²) < 4.78 is 0. The Morgan fingerprint density at radius 2 is 1.88 bits per heavy atom. The molecule has 6 nitrogen and oxygen atoms in total. The predicted molar refractivity (Wildman–Crippen MR) is 91.8 cm³/mol. The summed E-state index contributed by atoms with van der Waals surface area (Å²) in [6.07, 6.45) is 1.54. The predicted octanol–water partition coefficient (Wildman–Crippen LogP) is 2.15. The number of aliphatic hydroxyl groups is 2. The molecule has 7 heteroatoms. The second-order valence-corrected chi connectivity index (χ2v) is 5.91. The van der Waals surface area contributed by atoms with Crippen molar-refractivity contribution in [3.63, 3.8) is 0 Å². The first kappa shape index (κ1) is 17.1. The number of aliphatic hydroxyl groups excluding tert-OH is 2. The van der Waals surface area contributed by atoms with Gasteiger partial charge in [0.15, 0.2) is 0 Å². The van der Waals surface area contributed by atoms with Crippen molar-refractivity contribution in [2.45, 2.75) is 6.04 Å². The maximum absolute atomic E-state index is 12.5. The van der Waals surface area contributed by atoms with Gasteiger partial charge in [0.1, 0.15) is 11.8 Å². The molecule has 1 amide bonds. The van der Waals surface area contributed by atoms with Crippen molar-refractivity contribution in [3.8, 4) is 0 Å². The average Bonchev–Trinajstić information content (AvgIpc) is 2.88. The third kappa shape index (κ3) is 3.14. The lowest BCUT2D eigenvalue weighted by Gasteiger charge is -2.23. The smallest absolute Gasteiger partial charge is 0.295 e. The van der Waals surface area contributed by atoms with Gasteiger partial charge in [0.2, 0.25) is 0 Å². The van der Waals surface area contributed by atoms with Crippen LogP contribution in [0.1, 0.15) is 17.3 Å². The van der Waals surface area contributed by atoms with Crippen LogP contribution in [0, 0.1) is 0 Å². The van der Waals surface area contributed by atoms with Gasteiger partial charge in [-0.3, -0.25) is 14.6 Å². The summed E-state index contributed by atoms with van der Waals surface area (Å²) in [5, 5.41) is 20.4. The standard InChI is InChI=1S/C18H15ClN2O4/c19-12-6-4-11(5-7-12)16(23)14-15(13-3-1-2-8-20-13)21(9-10-22)18(25)17(14)24/h1-8,15,22-23H,9-10H2/b16-14-. The molecule has 128 valence electrons. The number of nitrogens with zero attached hydrogens (tertiary/aromatic N) is 2. The molecule has 1 aliphatic rings. The summed E-state index contributed by atoms with van der Waals surface area (Å²) in [4.78, 5) is 30.3. The Hall–Kier alpha value is -2.70. The Kier molecular flexibility index (Phi) is 4.83. The van der Waals surface area contributed by atoms with Crippen LogP contribution in [0.3, 0.4) is 0 Å². The minimum absolute atomic E-state index is 0.0385. The van der Waals surface area contributed by atoms with Gasteiger partial charge < -0.3 is 15.1 Å². The number of pyridine rings is 1. The Labute approximate surface area is 149 Å². The molecule has 2 aromatic rings. The molecule has 1 aliphatic heterocycles. The van der Waals surface area contributed by atoms with E-state index in [1.165, 1.54) is 11.1 Å². The molecule has 0 bridgehead atoms. The lowest BCUT2D eigenvalue weighted by atomic mass is 9.98. The fraction of sp³-hybridized carbons (Fsp3) is 0.167. The number of ketones is 1. The molecule has 0 saturated carbocycles. The van der Waals surface area contributed by atoms with Crippen LogP contribution in [0.2, 0.25) is 5.02 Å². The average molecular weight is 359 g/mol. The number of amides is 1.